The van der Waals surface area contributed by atoms with Crippen molar-refractivity contribution in [3.63, 3.8) is 0 Å². The van der Waals surface area contributed by atoms with Crippen molar-refractivity contribution in [1.29, 1.82) is 0 Å². The number of anilines is 1. The Bertz CT molecular complexity index is 754. The van der Waals surface area contributed by atoms with Crippen LogP contribution in [0.2, 0.25) is 0 Å². The molecule has 1 saturated heterocycles. The van der Waals surface area contributed by atoms with Gasteiger partial charge in [0.25, 0.3) is 5.91 Å². The van der Waals surface area contributed by atoms with Gasteiger partial charge >= 0.3 is 0 Å². The van der Waals surface area contributed by atoms with Gasteiger partial charge in [-0.1, -0.05) is 30.7 Å². The molecule has 0 aromatic heterocycles. The molecule has 0 spiro atoms. The summed E-state index contributed by atoms with van der Waals surface area (Å²) in [4.78, 5) is 19.7. The number of hydrogen-bond donors (Lipinski definition) is 0. The molecule has 0 saturated carbocycles. The van der Waals surface area contributed by atoms with E-state index in [1.165, 1.54) is 6.42 Å². The van der Waals surface area contributed by atoms with Gasteiger partial charge in [-0.3, -0.25) is 4.79 Å². The number of carbonyl (C=O) groups excluding carboxylic acids is 1. The van der Waals surface area contributed by atoms with E-state index in [2.05, 4.69) is 47.0 Å². The van der Waals surface area contributed by atoms with E-state index in [-0.39, 0.29) is 5.91 Å². The van der Waals surface area contributed by atoms with Crippen LogP contribution in [0.15, 0.2) is 36.4 Å². The third-order valence-electron chi connectivity index (χ3n) is 5.28. The van der Waals surface area contributed by atoms with Crippen molar-refractivity contribution in [2.24, 2.45) is 0 Å². The lowest BCUT2D eigenvalue weighted by Gasteiger charge is -2.29. The van der Waals surface area contributed by atoms with Gasteiger partial charge in [0.2, 0.25) is 0 Å². The monoisotopic (exact) mass is 339 g/mol. The standard InChI is InChI=1S/C21H29N3O/c1-22(2)16-9-7-8-14-24(15-16)21(25)19-12-13-20(23(3)4)18-11-6-5-10-17(18)19/h5-6,10-13,16H,7-9,14-15H2,1-4H3/t16-/m0/s1. The first-order valence-corrected chi connectivity index (χ1v) is 9.14. The van der Waals surface area contributed by atoms with Gasteiger partial charge < -0.3 is 14.7 Å². The van der Waals surface area contributed by atoms with E-state index < -0.39 is 0 Å². The molecule has 1 atom stereocenters. The minimum absolute atomic E-state index is 0.162. The van der Waals surface area contributed by atoms with Crippen LogP contribution in [0.25, 0.3) is 10.8 Å². The summed E-state index contributed by atoms with van der Waals surface area (Å²) >= 11 is 0. The Balaban J connectivity index is 1.98. The summed E-state index contributed by atoms with van der Waals surface area (Å²) in [6, 6.07) is 12.7. The second-order valence-corrected chi connectivity index (χ2v) is 7.44. The second-order valence-electron chi connectivity index (χ2n) is 7.44. The number of nitrogens with zero attached hydrogens (tertiary/aromatic N) is 3. The molecule has 0 N–H and O–H groups in total. The molecule has 3 rings (SSSR count). The normalized spacial score (nSPS) is 18.4. The zero-order chi connectivity index (χ0) is 18.0. The summed E-state index contributed by atoms with van der Waals surface area (Å²) in [7, 11) is 8.30. The van der Waals surface area contributed by atoms with Gasteiger partial charge in [-0.05, 0) is 44.5 Å². The lowest BCUT2D eigenvalue weighted by atomic mass is 10.0. The minimum Gasteiger partial charge on any atom is -0.377 e. The quantitative estimate of drug-likeness (QED) is 0.857. The first-order valence-electron chi connectivity index (χ1n) is 9.14. The van der Waals surface area contributed by atoms with E-state index >= 15 is 0 Å². The maximum absolute atomic E-state index is 13.3. The second kappa shape index (κ2) is 7.44. The SMILES string of the molecule is CN(C)c1ccc(C(=O)N2CCCC[C@H](N(C)C)C2)c2ccccc12. The Morgan fingerprint density at radius 1 is 1.00 bits per heavy atom. The molecular formula is C21H29N3O. The van der Waals surface area contributed by atoms with E-state index in [1.807, 2.05) is 32.3 Å². The highest BCUT2D eigenvalue weighted by molar-refractivity contribution is 6.10. The fourth-order valence-electron chi connectivity index (χ4n) is 3.76. The molecule has 1 heterocycles. The Morgan fingerprint density at radius 3 is 2.40 bits per heavy atom. The molecule has 1 aliphatic rings. The van der Waals surface area contributed by atoms with Crippen molar-refractivity contribution in [1.82, 2.24) is 9.80 Å². The van der Waals surface area contributed by atoms with Gasteiger partial charge in [-0.15, -0.1) is 0 Å². The van der Waals surface area contributed by atoms with Gasteiger partial charge in [0.1, 0.15) is 0 Å². The lowest BCUT2D eigenvalue weighted by Crippen LogP contribution is -2.42. The van der Waals surface area contributed by atoms with E-state index in [0.717, 1.165) is 48.0 Å². The molecule has 1 fully saturated rings. The van der Waals surface area contributed by atoms with E-state index in [4.69, 9.17) is 0 Å². The molecule has 0 radical (unpaired) electrons. The topological polar surface area (TPSA) is 26.8 Å². The van der Waals surface area contributed by atoms with E-state index in [1.54, 1.807) is 0 Å². The molecule has 0 bridgehead atoms. The van der Waals surface area contributed by atoms with Crippen LogP contribution >= 0.6 is 0 Å². The zero-order valence-corrected chi connectivity index (χ0v) is 15.8. The van der Waals surface area contributed by atoms with Crippen LogP contribution < -0.4 is 4.90 Å². The van der Waals surface area contributed by atoms with Gasteiger partial charge in [-0.25, -0.2) is 0 Å². The first-order chi connectivity index (χ1) is 12.0. The third-order valence-corrected chi connectivity index (χ3v) is 5.28. The van der Waals surface area contributed by atoms with Gasteiger partial charge in [0.05, 0.1) is 0 Å². The number of carbonyl (C=O) groups is 1. The van der Waals surface area contributed by atoms with Crippen LogP contribution in [-0.2, 0) is 0 Å². The molecule has 4 heteroatoms. The van der Waals surface area contributed by atoms with Gasteiger partial charge in [0.15, 0.2) is 0 Å². The van der Waals surface area contributed by atoms with Crippen molar-refractivity contribution in [3.8, 4) is 0 Å². The maximum Gasteiger partial charge on any atom is 0.254 e. The van der Waals surface area contributed by atoms with Crippen LogP contribution in [0.4, 0.5) is 5.69 Å². The number of rotatable bonds is 3. The van der Waals surface area contributed by atoms with E-state index in [9.17, 15) is 4.79 Å². The Labute approximate surface area is 151 Å². The predicted molar refractivity (Wildman–Crippen MR) is 106 cm³/mol. The molecular weight excluding hydrogens is 310 g/mol. The predicted octanol–water partition coefficient (Wildman–Crippen LogP) is 3.46. The Kier molecular flexibility index (Phi) is 5.28. The van der Waals surface area contributed by atoms with E-state index in [0.29, 0.717) is 6.04 Å². The van der Waals surface area contributed by atoms with Crippen molar-refractivity contribution >= 4 is 22.4 Å². The lowest BCUT2D eigenvalue weighted by molar-refractivity contribution is 0.0727. The van der Waals surface area contributed by atoms with Crippen LogP contribution in [-0.4, -0.2) is 63.0 Å². The smallest absolute Gasteiger partial charge is 0.254 e. The van der Waals surface area contributed by atoms with Crippen LogP contribution in [0.5, 0.6) is 0 Å². The maximum atomic E-state index is 13.3. The highest BCUT2D eigenvalue weighted by Gasteiger charge is 2.25. The molecule has 0 unspecified atom stereocenters. The summed E-state index contributed by atoms with van der Waals surface area (Å²) in [5.41, 5.74) is 1.97. The van der Waals surface area contributed by atoms with Crippen molar-refractivity contribution in [2.75, 3.05) is 46.2 Å². The number of benzene rings is 2. The summed E-state index contributed by atoms with van der Waals surface area (Å²) in [5, 5.41) is 2.18. The number of hydrogen-bond acceptors (Lipinski definition) is 3. The van der Waals surface area contributed by atoms with Gasteiger partial charge in [-0.2, -0.15) is 0 Å². The summed E-state index contributed by atoms with van der Waals surface area (Å²) in [6.07, 6.45) is 3.44. The van der Waals surface area contributed by atoms with Crippen molar-refractivity contribution < 1.29 is 4.79 Å². The van der Waals surface area contributed by atoms with Crippen LogP contribution in [0.1, 0.15) is 29.6 Å². The molecule has 134 valence electrons. The number of amides is 1. The van der Waals surface area contributed by atoms with Crippen LogP contribution in [0.3, 0.4) is 0 Å². The number of fused-ring (bicyclic) bond motifs is 1. The molecule has 0 aliphatic carbocycles. The zero-order valence-electron chi connectivity index (χ0n) is 15.8. The van der Waals surface area contributed by atoms with Crippen LogP contribution in [0, 0.1) is 0 Å². The molecule has 2 aromatic rings. The summed E-state index contributed by atoms with van der Waals surface area (Å²) in [5.74, 6) is 0.162. The fraction of sp³-hybridized carbons (Fsp3) is 0.476. The molecule has 1 aliphatic heterocycles. The summed E-state index contributed by atoms with van der Waals surface area (Å²) < 4.78 is 0. The van der Waals surface area contributed by atoms with Gasteiger partial charge in [0, 0.05) is 49.9 Å². The fourth-order valence-corrected chi connectivity index (χ4v) is 3.76. The first kappa shape index (κ1) is 17.7. The largest absolute Gasteiger partial charge is 0.377 e. The molecule has 25 heavy (non-hydrogen) atoms. The van der Waals surface area contributed by atoms with Crippen molar-refractivity contribution in [3.05, 3.63) is 42.0 Å². The summed E-state index contributed by atoms with van der Waals surface area (Å²) in [6.45, 7) is 1.67. The highest BCUT2D eigenvalue weighted by Crippen LogP contribution is 2.29. The molecule has 4 nitrogen and oxygen atoms in total. The average molecular weight is 339 g/mol. The third kappa shape index (κ3) is 3.64. The highest BCUT2D eigenvalue weighted by atomic mass is 16.2. The molecule has 2 aromatic carbocycles. The average Bonchev–Trinajstić information content (AvgIpc) is 2.86. The molecule has 1 amide bonds. The minimum atomic E-state index is 0.162. The number of likely N-dealkylation sites (tertiary alicyclic amines) is 1. The van der Waals surface area contributed by atoms with Crippen molar-refractivity contribution in [2.45, 2.75) is 25.3 Å². The number of likely N-dealkylation sites (N-methyl/N-ethyl adjacent to an activating group) is 1. The Morgan fingerprint density at radius 2 is 1.72 bits per heavy atom. The Hall–Kier alpha value is -2.07.